The van der Waals surface area contributed by atoms with Crippen LogP contribution in [0.3, 0.4) is 0 Å². The van der Waals surface area contributed by atoms with E-state index in [2.05, 4.69) is 10.3 Å². The van der Waals surface area contributed by atoms with Crippen LogP contribution in [0.1, 0.15) is 22.3 Å². The summed E-state index contributed by atoms with van der Waals surface area (Å²) in [5.74, 6) is -0.238. The molecule has 1 unspecified atom stereocenters. The molecule has 0 saturated carbocycles. The molecule has 0 saturated heterocycles. The van der Waals surface area contributed by atoms with Crippen molar-refractivity contribution < 1.29 is 9.90 Å². The maximum atomic E-state index is 11.5. The third-order valence-electron chi connectivity index (χ3n) is 1.58. The molecule has 1 amide bonds. The number of hydrogen-bond acceptors (Lipinski definition) is 5. The normalized spacial score (nSPS) is 12.5. The highest BCUT2D eigenvalue weighted by Gasteiger charge is 2.13. The number of anilines is 1. The van der Waals surface area contributed by atoms with Gasteiger partial charge in [0.05, 0.1) is 11.8 Å². The first-order valence-corrected chi connectivity index (χ1v) is 5.01. The SMILES string of the molecule is Cc1nc(N)sc1C(=O)NCC(C)O. The molecule has 0 aromatic carbocycles. The molecule has 4 N–H and O–H groups in total. The lowest BCUT2D eigenvalue weighted by Crippen LogP contribution is -2.30. The van der Waals surface area contributed by atoms with Crippen LogP contribution in [-0.2, 0) is 0 Å². The van der Waals surface area contributed by atoms with Gasteiger partial charge in [-0.25, -0.2) is 4.98 Å². The molecular weight excluding hydrogens is 202 g/mol. The Bertz CT molecular complexity index is 335. The van der Waals surface area contributed by atoms with E-state index < -0.39 is 6.10 Å². The minimum Gasteiger partial charge on any atom is -0.392 e. The number of nitrogens with two attached hydrogens (primary N) is 1. The van der Waals surface area contributed by atoms with Gasteiger partial charge in [-0.2, -0.15) is 0 Å². The number of carbonyl (C=O) groups excluding carboxylic acids is 1. The molecule has 0 fully saturated rings. The van der Waals surface area contributed by atoms with Crippen molar-refractivity contribution in [1.82, 2.24) is 10.3 Å². The van der Waals surface area contributed by atoms with Crippen LogP contribution in [0.2, 0.25) is 0 Å². The van der Waals surface area contributed by atoms with E-state index in [4.69, 9.17) is 10.8 Å². The molecule has 1 atom stereocenters. The lowest BCUT2D eigenvalue weighted by molar-refractivity contribution is 0.0927. The Kier molecular flexibility index (Phi) is 3.43. The lowest BCUT2D eigenvalue weighted by Gasteiger charge is -2.05. The molecular formula is C8H13N3O2S. The Morgan fingerprint density at radius 1 is 1.79 bits per heavy atom. The lowest BCUT2D eigenvalue weighted by atomic mass is 10.3. The van der Waals surface area contributed by atoms with Crippen LogP contribution in [0.25, 0.3) is 0 Å². The summed E-state index contributed by atoms with van der Waals surface area (Å²) < 4.78 is 0. The number of aliphatic hydroxyl groups excluding tert-OH is 1. The summed E-state index contributed by atoms with van der Waals surface area (Å²) in [6.45, 7) is 3.56. The van der Waals surface area contributed by atoms with E-state index in [9.17, 15) is 4.79 Å². The van der Waals surface area contributed by atoms with E-state index in [0.717, 1.165) is 11.3 Å². The van der Waals surface area contributed by atoms with Gasteiger partial charge in [0, 0.05) is 6.54 Å². The van der Waals surface area contributed by atoms with Crippen molar-refractivity contribution in [2.24, 2.45) is 0 Å². The Morgan fingerprint density at radius 3 is 2.86 bits per heavy atom. The summed E-state index contributed by atoms with van der Waals surface area (Å²) in [7, 11) is 0. The number of aliphatic hydroxyl groups is 1. The van der Waals surface area contributed by atoms with Crippen LogP contribution < -0.4 is 11.1 Å². The van der Waals surface area contributed by atoms with Gasteiger partial charge in [-0.3, -0.25) is 4.79 Å². The summed E-state index contributed by atoms with van der Waals surface area (Å²) in [5.41, 5.74) is 6.07. The first-order valence-electron chi connectivity index (χ1n) is 4.20. The third-order valence-corrected chi connectivity index (χ3v) is 2.56. The van der Waals surface area contributed by atoms with Crippen LogP contribution in [0, 0.1) is 6.92 Å². The molecule has 14 heavy (non-hydrogen) atoms. The third kappa shape index (κ3) is 2.68. The Hall–Kier alpha value is -1.14. The van der Waals surface area contributed by atoms with Gasteiger partial charge >= 0.3 is 0 Å². The zero-order valence-electron chi connectivity index (χ0n) is 8.07. The summed E-state index contributed by atoms with van der Waals surface area (Å²) in [6, 6.07) is 0. The highest BCUT2D eigenvalue weighted by Crippen LogP contribution is 2.19. The van der Waals surface area contributed by atoms with Crippen molar-refractivity contribution in [3.05, 3.63) is 10.6 Å². The first kappa shape index (κ1) is 10.9. The molecule has 1 heterocycles. The number of amides is 1. The Morgan fingerprint density at radius 2 is 2.43 bits per heavy atom. The second-order valence-corrected chi connectivity index (χ2v) is 4.06. The smallest absolute Gasteiger partial charge is 0.263 e. The number of nitrogens with one attached hydrogen (secondary N) is 1. The number of nitrogens with zero attached hydrogens (tertiary/aromatic N) is 1. The fraction of sp³-hybridized carbons (Fsp3) is 0.500. The van der Waals surface area contributed by atoms with Crippen molar-refractivity contribution in [3.8, 4) is 0 Å². The van der Waals surface area contributed by atoms with Gasteiger partial charge in [0.1, 0.15) is 4.88 Å². The summed E-state index contributed by atoms with van der Waals surface area (Å²) in [6.07, 6.45) is -0.551. The predicted octanol–water partition coefficient (Wildman–Crippen LogP) is 0.144. The number of carbonyl (C=O) groups is 1. The largest absolute Gasteiger partial charge is 0.392 e. The van der Waals surface area contributed by atoms with E-state index in [1.54, 1.807) is 13.8 Å². The highest BCUT2D eigenvalue weighted by molar-refractivity contribution is 7.17. The molecule has 0 aliphatic heterocycles. The first-order chi connectivity index (χ1) is 6.50. The molecule has 6 heteroatoms. The number of rotatable bonds is 3. The van der Waals surface area contributed by atoms with E-state index in [1.165, 1.54) is 0 Å². The minimum absolute atomic E-state index is 0.232. The predicted molar refractivity (Wildman–Crippen MR) is 55.3 cm³/mol. The van der Waals surface area contributed by atoms with Gasteiger partial charge in [0.25, 0.3) is 5.91 Å². The fourth-order valence-electron chi connectivity index (χ4n) is 0.949. The molecule has 78 valence electrons. The van der Waals surface area contributed by atoms with Gasteiger partial charge in [0.2, 0.25) is 0 Å². The molecule has 0 aliphatic rings. The van der Waals surface area contributed by atoms with E-state index in [-0.39, 0.29) is 12.5 Å². The zero-order chi connectivity index (χ0) is 10.7. The van der Waals surface area contributed by atoms with E-state index in [0.29, 0.717) is 15.7 Å². The Balaban J connectivity index is 2.65. The van der Waals surface area contributed by atoms with Gasteiger partial charge in [0.15, 0.2) is 5.13 Å². The number of aromatic nitrogens is 1. The molecule has 0 spiro atoms. The highest BCUT2D eigenvalue weighted by atomic mass is 32.1. The van der Waals surface area contributed by atoms with Gasteiger partial charge < -0.3 is 16.2 Å². The molecule has 5 nitrogen and oxygen atoms in total. The summed E-state index contributed by atoms with van der Waals surface area (Å²) >= 11 is 1.15. The monoisotopic (exact) mass is 215 g/mol. The second kappa shape index (κ2) is 4.39. The molecule has 1 aromatic rings. The van der Waals surface area contributed by atoms with E-state index >= 15 is 0 Å². The number of hydrogen-bond donors (Lipinski definition) is 3. The number of nitrogen functional groups attached to an aromatic ring is 1. The number of aryl methyl sites for hydroxylation is 1. The molecule has 1 rings (SSSR count). The van der Waals surface area contributed by atoms with Crippen LogP contribution in [0.5, 0.6) is 0 Å². The Labute approximate surface area is 86.0 Å². The second-order valence-electron chi connectivity index (χ2n) is 3.03. The van der Waals surface area contributed by atoms with Gasteiger partial charge in [-0.1, -0.05) is 11.3 Å². The van der Waals surface area contributed by atoms with Gasteiger partial charge in [-0.15, -0.1) is 0 Å². The summed E-state index contributed by atoms with van der Waals surface area (Å²) in [4.78, 5) is 15.9. The molecule has 1 aromatic heterocycles. The summed E-state index contributed by atoms with van der Waals surface area (Å²) in [5, 5.41) is 11.9. The van der Waals surface area contributed by atoms with Crippen LogP contribution in [0.15, 0.2) is 0 Å². The standard InChI is InChI=1S/C8H13N3O2S/c1-4(12)3-10-7(13)6-5(2)11-8(9)14-6/h4,12H,3H2,1-2H3,(H2,9,11)(H,10,13). The topological polar surface area (TPSA) is 88.2 Å². The maximum absolute atomic E-state index is 11.5. The molecule has 0 radical (unpaired) electrons. The van der Waals surface area contributed by atoms with Crippen LogP contribution in [0.4, 0.5) is 5.13 Å². The van der Waals surface area contributed by atoms with Crippen molar-refractivity contribution in [2.45, 2.75) is 20.0 Å². The molecule has 0 bridgehead atoms. The van der Waals surface area contributed by atoms with Crippen molar-refractivity contribution >= 4 is 22.4 Å². The fourth-order valence-corrected chi connectivity index (χ4v) is 1.70. The van der Waals surface area contributed by atoms with Crippen molar-refractivity contribution in [2.75, 3.05) is 12.3 Å². The van der Waals surface area contributed by atoms with E-state index in [1.807, 2.05) is 0 Å². The van der Waals surface area contributed by atoms with Crippen molar-refractivity contribution in [3.63, 3.8) is 0 Å². The van der Waals surface area contributed by atoms with Crippen LogP contribution in [-0.4, -0.2) is 28.6 Å². The minimum atomic E-state index is -0.551. The van der Waals surface area contributed by atoms with Crippen LogP contribution >= 0.6 is 11.3 Å². The average molecular weight is 215 g/mol. The maximum Gasteiger partial charge on any atom is 0.263 e. The quantitative estimate of drug-likeness (QED) is 0.669. The zero-order valence-corrected chi connectivity index (χ0v) is 8.89. The average Bonchev–Trinajstić information content (AvgIpc) is 2.41. The van der Waals surface area contributed by atoms with Crippen molar-refractivity contribution in [1.29, 1.82) is 0 Å². The van der Waals surface area contributed by atoms with Gasteiger partial charge in [-0.05, 0) is 13.8 Å². The molecule has 0 aliphatic carbocycles. The number of thiazole rings is 1.